The Morgan fingerprint density at radius 2 is 2.27 bits per heavy atom. The van der Waals surface area contributed by atoms with E-state index in [1.54, 1.807) is 0 Å². The normalized spacial score (nSPS) is 10.9. The summed E-state index contributed by atoms with van der Waals surface area (Å²) in [7, 11) is 0. The summed E-state index contributed by atoms with van der Waals surface area (Å²) in [5, 5.41) is 10.2. The molecule has 0 amide bonds. The van der Waals surface area contributed by atoms with E-state index in [9.17, 15) is 10.1 Å². The van der Waals surface area contributed by atoms with E-state index in [-0.39, 0.29) is 13.5 Å². The molecule has 60 valence electrons. The van der Waals surface area contributed by atoms with Gasteiger partial charge in [-0.05, 0) is 0 Å². The van der Waals surface area contributed by atoms with E-state index in [1.807, 2.05) is 0 Å². The van der Waals surface area contributed by atoms with Crippen LogP contribution in [-0.4, -0.2) is 8.28 Å². The molecule has 0 rings (SSSR count). The predicted molar refractivity (Wildman–Crippen MR) is 42.7 cm³/mol. The molecule has 0 saturated carbocycles. The number of hydrogen-bond donors (Lipinski definition) is 0. The summed E-state index contributed by atoms with van der Waals surface area (Å²) in [6.45, 7) is 5.16. The van der Waals surface area contributed by atoms with Crippen LogP contribution in [0.4, 0.5) is 0 Å². The van der Waals surface area contributed by atoms with Crippen LogP contribution in [0.5, 0.6) is 0 Å². The molecular weight excluding hydrogens is 405 g/mol. The van der Waals surface area contributed by atoms with Crippen LogP contribution in [0.25, 0.3) is 0 Å². The Balaban J connectivity index is 4.75. The predicted octanol–water partition coefficient (Wildman–Crippen LogP) is 1.77. The zero-order valence-electron chi connectivity index (χ0n) is 5.08. The molecule has 6 heteroatoms. The van der Waals surface area contributed by atoms with Crippen molar-refractivity contribution in [1.29, 1.82) is 0 Å². The number of allylic oxidation sites excluding steroid dienone is 3. The van der Waals surface area contributed by atoms with Crippen LogP contribution >= 0.6 is 27.5 Å². The second-order valence-corrected chi connectivity index (χ2v) is 5.10. The molecule has 0 aromatic rings. The third kappa shape index (κ3) is 4.61. The van der Waals surface area contributed by atoms with Gasteiger partial charge in [-0.25, -0.2) is 0 Å². The molecule has 0 aromatic carbocycles. The van der Waals surface area contributed by atoms with Crippen molar-refractivity contribution in [3.63, 3.8) is 0 Å². The molecule has 0 aliphatic rings. The van der Waals surface area contributed by atoms with Crippen LogP contribution in [0.1, 0.15) is 0 Å². The molecule has 3 nitrogen and oxygen atoms in total. The first-order valence-corrected chi connectivity index (χ1v) is 4.92. The second-order valence-electron chi connectivity index (χ2n) is 1.45. The Bertz CT molecular complexity index is 235. The Labute approximate surface area is 87.8 Å². The number of nitrogens with zero attached hydrogens (tertiary/aromatic N) is 1. The van der Waals surface area contributed by atoms with Crippen LogP contribution in [0, 0.1) is 16.7 Å². The number of hydrogen-bond acceptors (Lipinski definition) is 2. The molecule has 0 aromatic heterocycles. The molecule has 0 atom stereocenters. The number of rotatable bonds is 3. The van der Waals surface area contributed by atoms with Crippen molar-refractivity contribution >= 4 is 30.9 Å². The molecule has 0 heterocycles. The Hall–Kier alpha value is 0.208. The van der Waals surface area contributed by atoms with Crippen LogP contribution in [-0.2, 0) is 19.4 Å². The summed E-state index contributed by atoms with van der Waals surface area (Å²) in [5.41, 5.74) is -0.170. The molecular formula is C5H2BrClNO2W-. The minimum absolute atomic E-state index is 0.170. The zero-order chi connectivity index (χ0) is 9.02. The molecule has 0 fully saturated rings. The molecule has 0 bridgehead atoms. The van der Waals surface area contributed by atoms with Gasteiger partial charge in [0.15, 0.2) is 0 Å². The molecule has 0 aliphatic heterocycles. The first-order valence-electron chi connectivity index (χ1n) is 2.29. The summed E-state index contributed by atoms with van der Waals surface area (Å²) < 4.78 is 0.362. The van der Waals surface area contributed by atoms with Gasteiger partial charge in [-0.15, -0.1) is 0 Å². The monoisotopic (exact) mass is 406 g/mol. The van der Waals surface area contributed by atoms with E-state index >= 15 is 0 Å². The summed E-state index contributed by atoms with van der Waals surface area (Å²) in [6.07, 6.45) is 1.16. The van der Waals surface area contributed by atoms with E-state index in [0.717, 1.165) is 25.4 Å². The van der Waals surface area contributed by atoms with E-state index in [2.05, 4.69) is 15.9 Å². The third-order valence-corrected chi connectivity index (χ3v) is 1.85. The van der Waals surface area contributed by atoms with Crippen molar-refractivity contribution in [1.82, 2.24) is 0 Å². The minimum atomic E-state index is -0.580. The van der Waals surface area contributed by atoms with Gasteiger partial charge < -0.3 is 0 Å². The maximum absolute atomic E-state index is 10.2. The average molecular weight is 407 g/mol. The van der Waals surface area contributed by atoms with E-state index in [4.69, 9.17) is 18.2 Å². The van der Waals surface area contributed by atoms with Gasteiger partial charge in [-0.2, -0.15) is 0 Å². The topological polar surface area (TPSA) is 43.1 Å². The molecule has 0 saturated heterocycles. The zero-order valence-corrected chi connectivity index (χ0v) is 10.4. The quantitative estimate of drug-likeness (QED) is 0.310. The van der Waals surface area contributed by atoms with Gasteiger partial charge in [0.25, 0.3) is 0 Å². The molecule has 0 N–H and O–H groups in total. The van der Waals surface area contributed by atoms with Crippen LogP contribution in [0.15, 0.2) is 16.3 Å². The van der Waals surface area contributed by atoms with Crippen molar-refractivity contribution in [2.45, 2.75) is 0 Å². The average Bonchev–Trinajstić information content (AvgIpc) is 1.81. The van der Waals surface area contributed by atoms with Crippen LogP contribution < -0.4 is 0 Å². The van der Waals surface area contributed by atoms with Crippen molar-refractivity contribution in [3.8, 4) is 0 Å². The standard InChI is InChI=1S/C5H2BrClNO2.W/c1-4(6)2-5(3-7)8(9)10;/h1-2H;/q-1;/b5-2+;. The van der Waals surface area contributed by atoms with Crippen molar-refractivity contribution in [2.24, 2.45) is 0 Å². The second kappa shape index (κ2) is 4.96. The molecule has 0 radical (unpaired) electrons. The molecule has 0 unspecified atom stereocenters. The first kappa shape index (κ1) is 11.2. The fourth-order valence-corrected chi connectivity index (χ4v) is 1.13. The fraction of sp³-hybridized carbons (Fsp3) is 0. The van der Waals surface area contributed by atoms with E-state index in [1.165, 1.54) is 0 Å². The summed E-state index contributed by atoms with van der Waals surface area (Å²) in [5.74, 6) is 0. The number of halogens is 2. The Morgan fingerprint density at radius 3 is 2.36 bits per heavy atom. The maximum atomic E-state index is 10.2. The van der Waals surface area contributed by atoms with E-state index < -0.39 is 4.92 Å². The molecule has 0 spiro atoms. The van der Waals surface area contributed by atoms with Gasteiger partial charge in [-0.3, -0.25) is 0 Å². The van der Waals surface area contributed by atoms with Crippen molar-refractivity contribution in [2.75, 3.05) is 0 Å². The van der Waals surface area contributed by atoms with Crippen molar-refractivity contribution in [3.05, 3.63) is 32.9 Å². The summed E-state index contributed by atoms with van der Waals surface area (Å²) in [6, 6.07) is 0. The van der Waals surface area contributed by atoms with E-state index in [0.29, 0.717) is 0 Å². The summed E-state index contributed by atoms with van der Waals surface area (Å²) >= 11 is 9.13. The Morgan fingerprint density at radius 1 is 1.82 bits per heavy atom. The third-order valence-electron chi connectivity index (χ3n) is 0.673. The van der Waals surface area contributed by atoms with Crippen LogP contribution in [0.2, 0.25) is 0 Å². The van der Waals surface area contributed by atoms with Gasteiger partial charge in [0.1, 0.15) is 0 Å². The van der Waals surface area contributed by atoms with Crippen LogP contribution in [0.3, 0.4) is 0 Å². The fourth-order valence-electron chi connectivity index (χ4n) is 0.312. The summed E-state index contributed by atoms with van der Waals surface area (Å²) in [4.78, 5) is 9.65. The van der Waals surface area contributed by atoms with Gasteiger partial charge in [0, 0.05) is 0 Å². The SMILES string of the molecule is [CH-]=C(Br)/C=C(\[C](Cl)=[W])[N+](=O)[O-]. The Kier molecular flexibility index (Phi) is 5.06. The number of nitro groups is 1. The molecule has 0 aliphatic carbocycles. The van der Waals surface area contributed by atoms with Crippen molar-refractivity contribution < 1.29 is 24.3 Å². The first-order chi connectivity index (χ1) is 4.95. The van der Waals surface area contributed by atoms with Gasteiger partial charge >= 0.3 is 88.1 Å². The molecule has 11 heavy (non-hydrogen) atoms. The van der Waals surface area contributed by atoms with Gasteiger partial charge in [0.2, 0.25) is 0 Å². The van der Waals surface area contributed by atoms with Gasteiger partial charge in [0.05, 0.1) is 0 Å². The van der Waals surface area contributed by atoms with Gasteiger partial charge in [-0.1, -0.05) is 0 Å².